The zero-order valence-corrected chi connectivity index (χ0v) is 9.03. The SMILES string of the molecule is Cc1[nH]c2ccccc2c1C(=O)C(N)CO. The Kier molecular flexibility index (Phi) is 2.77. The molecule has 16 heavy (non-hydrogen) atoms. The van der Waals surface area contributed by atoms with E-state index in [4.69, 9.17) is 10.8 Å². The predicted molar refractivity (Wildman–Crippen MR) is 62.4 cm³/mol. The summed E-state index contributed by atoms with van der Waals surface area (Å²) in [4.78, 5) is 15.1. The largest absolute Gasteiger partial charge is 0.394 e. The van der Waals surface area contributed by atoms with Gasteiger partial charge in [-0.15, -0.1) is 0 Å². The minimum absolute atomic E-state index is 0.225. The van der Waals surface area contributed by atoms with Crippen LogP contribution in [0, 0.1) is 6.92 Å². The van der Waals surface area contributed by atoms with Crippen molar-refractivity contribution in [3.63, 3.8) is 0 Å². The van der Waals surface area contributed by atoms with E-state index in [0.29, 0.717) is 5.56 Å². The molecule has 84 valence electrons. The van der Waals surface area contributed by atoms with Gasteiger partial charge in [0, 0.05) is 22.2 Å². The summed E-state index contributed by atoms with van der Waals surface area (Å²) in [6.07, 6.45) is 0. The van der Waals surface area contributed by atoms with Gasteiger partial charge in [-0.05, 0) is 13.0 Å². The molecular weight excluding hydrogens is 204 g/mol. The number of carbonyl (C=O) groups excluding carboxylic acids is 1. The Bertz CT molecular complexity index is 531. The van der Waals surface area contributed by atoms with Crippen molar-refractivity contribution >= 4 is 16.7 Å². The van der Waals surface area contributed by atoms with Gasteiger partial charge in [0.15, 0.2) is 5.78 Å². The minimum Gasteiger partial charge on any atom is -0.394 e. The molecule has 1 aromatic heterocycles. The average molecular weight is 218 g/mol. The van der Waals surface area contributed by atoms with E-state index < -0.39 is 6.04 Å². The number of fused-ring (bicyclic) bond motifs is 1. The number of hydrogen-bond acceptors (Lipinski definition) is 3. The second-order valence-electron chi connectivity index (χ2n) is 3.82. The third kappa shape index (κ3) is 1.62. The minimum atomic E-state index is -0.849. The lowest BCUT2D eigenvalue weighted by atomic mass is 10.0. The van der Waals surface area contributed by atoms with E-state index in [1.165, 1.54) is 0 Å². The Morgan fingerprint density at radius 1 is 1.50 bits per heavy atom. The van der Waals surface area contributed by atoms with Crippen LogP contribution in [0.25, 0.3) is 10.9 Å². The fourth-order valence-electron chi connectivity index (χ4n) is 1.86. The number of nitrogens with one attached hydrogen (secondary N) is 1. The van der Waals surface area contributed by atoms with Gasteiger partial charge in [0.05, 0.1) is 12.6 Å². The van der Waals surface area contributed by atoms with E-state index >= 15 is 0 Å². The van der Waals surface area contributed by atoms with Crippen LogP contribution in [0.15, 0.2) is 24.3 Å². The maximum absolute atomic E-state index is 12.0. The molecule has 1 atom stereocenters. The Labute approximate surface area is 93.1 Å². The van der Waals surface area contributed by atoms with Gasteiger partial charge in [-0.3, -0.25) is 4.79 Å². The number of carbonyl (C=O) groups is 1. The van der Waals surface area contributed by atoms with Crippen LogP contribution < -0.4 is 5.73 Å². The molecule has 0 saturated heterocycles. The molecule has 0 bridgehead atoms. The summed E-state index contributed by atoms with van der Waals surface area (Å²) in [5, 5.41) is 9.77. The number of aryl methyl sites for hydroxylation is 1. The smallest absolute Gasteiger partial charge is 0.184 e. The summed E-state index contributed by atoms with van der Waals surface area (Å²) in [6.45, 7) is 1.50. The van der Waals surface area contributed by atoms with Gasteiger partial charge in [-0.25, -0.2) is 0 Å². The van der Waals surface area contributed by atoms with Gasteiger partial charge in [0.2, 0.25) is 0 Å². The maximum atomic E-state index is 12.0. The number of Topliss-reactive ketones (excluding diaryl/α,β-unsaturated/α-hetero) is 1. The highest BCUT2D eigenvalue weighted by Gasteiger charge is 2.20. The van der Waals surface area contributed by atoms with Crippen LogP contribution in [0.3, 0.4) is 0 Å². The molecule has 0 aliphatic rings. The summed E-state index contributed by atoms with van der Waals surface area (Å²) in [6, 6.07) is 6.70. The fourth-order valence-corrected chi connectivity index (χ4v) is 1.86. The van der Waals surface area contributed by atoms with E-state index in [9.17, 15) is 4.79 Å². The lowest BCUT2D eigenvalue weighted by Gasteiger charge is -2.06. The molecule has 4 N–H and O–H groups in total. The van der Waals surface area contributed by atoms with Crippen LogP contribution in [0.4, 0.5) is 0 Å². The van der Waals surface area contributed by atoms with E-state index in [1.807, 2.05) is 31.2 Å². The van der Waals surface area contributed by atoms with Gasteiger partial charge >= 0.3 is 0 Å². The number of aliphatic hydroxyl groups is 1. The maximum Gasteiger partial charge on any atom is 0.184 e. The lowest BCUT2D eigenvalue weighted by Crippen LogP contribution is -2.34. The fraction of sp³-hybridized carbons (Fsp3) is 0.250. The number of aliphatic hydroxyl groups excluding tert-OH is 1. The van der Waals surface area contributed by atoms with Crippen LogP contribution in [0.5, 0.6) is 0 Å². The van der Waals surface area contributed by atoms with Gasteiger partial charge in [0.1, 0.15) is 0 Å². The highest BCUT2D eigenvalue weighted by molar-refractivity contribution is 6.11. The Hall–Kier alpha value is -1.65. The predicted octanol–water partition coefficient (Wildman–Crippen LogP) is 0.979. The number of ketones is 1. The molecule has 0 aliphatic heterocycles. The number of aromatic amines is 1. The van der Waals surface area contributed by atoms with Crippen molar-refractivity contribution in [1.82, 2.24) is 4.98 Å². The second kappa shape index (κ2) is 4.08. The second-order valence-corrected chi connectivity index (χ2v) is 3.82. The van der Waals surface area contributed by atoms with Crippen molar-refractivity contribution in [3.05, 3.63) is 35.5 Å². The van der Waals surface area contributed by atoms with Gasteiger partial charge in [-0.2, -0.15) is 0 Å². The van der Waals surface area contributed by atoms with Gasteiger partial charge in [-0.1, -0.05) is 18.2 Å². The molecule has 2 rings (SSSR count). The molecular formula is C12H14N2O2. The highest BCUT2D eigenvalue weighted by atomic mass is 16.3. The first kappa shape index (κ1) is 10.9. The lowest BCUT2D eigenvalue weighted by molar-refractivity contribution is 0.0926. The van der Waals surface area contributed by atoms with Gasteiger partial charge < -0.3 is 15.8 Å². The standard InChI is InChI=1S/C12H14N2O2/c1-7-11(12(16)9(13)6-15)8-4-2-3-5-10(8)14-7/h2-5,9,14-15H,6,13H2,1H3. The van der Waals surface area contributed by atoms with Crippen molar-refractivity contribution in [2.45, 2.75) is 13.0 Å². The van der Waals surface area contributed by atoms with Crippen molar-refractivity contribution in [3.8, 4) is 0 Å². The average Bonchev–Trinajstić information content (AvgIpc) is 2.63. The first-order valence-corrected chi connectivity index (χ1v) is 5.13. The van der Waals surface area contributed by atoms with Crippen molar-refractivity contribution in [2.24, 2.45) is 5.73 Å². The number of nitrogens with two attached hydrogens (primary N) is 1. The molecule has 4 nitrogen and oxygen atoms in total. The number of rotatable bonds is 3. The molecule has 2 aromatic rings. The van der Waals surface area contributed by atoms with E-state index in [1.54, 1.807) is 0 Å². The molecule has 1 unspecified atom stereocenters. The van der Waals surface area contributed by atoms with Crippen LogP contribution in [0.2, 0.25) is 0 Å². The third-order valence-corrected chi connectivity index (χ3v) is 2.67. The molecule has 0 saturated carbocycles. The molecule has 1 heterocycles. The van der Waals surface area contributed by atoms with Crippen LogP contribution in [-0.2, 0) is 0 Å². The summed E-state index contributed by atoms with van der Waals surface area (Å²) in [5.41, 5.74) is 7.83. The molecule has 4 heteroatoms. The Morgan fingerprint density at radius 3 is 2.88 bits per heavy atom. The first-order chi connectivity index (χ1) is 7.65. The summed E-state index contributed by atoms with van der Waals surface area (Å²) in [7, 11) is 0. The van der Waals surface area contributed by atoms with Crippen molar-refractivity contribution in [2.75, 3.05) is 6.61 Å². The quantitative estimate of drug-likeness (QED) is 0.672. The first-order valence-electron chi connectivity index (χ1n) is 5.13. The number of para-hydroxylation sites is 1. The molecule has 0 radical (unpaired) electrons. The Balaban J connectivity index is 2.59. The van der Waals surface area contributed by atoms with E-state index in [0.717, 1.165) is 16.6 Å². The normalized spacial score (nSPS) is 12.9. The third-order valence-electron chi connectivity index (χ3n) is 2.67. The van der Waals surface area contributed by atoms with Crippen molar-refractivity contribution < 1.29 is 9.90 Å². The topological polar surface area (TPSA) is 79.1 Å². The highest BCUT2D eigenvalue weighted by Crippen LogP contribution is 2.22. The van der Waals surface area contributed by atoms with Crippen LogP contribution in [0.1, 0.15) is 16.1 Å². The van der Waals surface area contributed by atoms with Crippen molar-refractivity contribution in [1.29, 1.82) is 0 Å². The number of aromatic nitrogens is 1. The molecule has 0 spiro atoms. The summed E-state index contributed by atoms with van der Waals surface area (Å²) in [5.74, 6) is -0.225. The van der Waals surface area contributed by atoms with Crippen LogP contribution >= 0.6 is 0 Å². The Morgan fingerprint density at radius 2 is 2.19 bits per heavy atom. The molecule has 0 aliphatic carbocycles. The van der Waals surface area contributed by atoms with E-state index in [-0.39, 0.29) is 12.4 Å². The van der Waals surface area contributed by atoms with Gasteiger partial charge in [0.25, 0.3) is 0 Å². The zero-order valence-electron chi connectivity index (χ0n) is 9.03. The van der Waals surface area contributed by atoms with Crippen LogP contribution in [-0.4, -0.2) is 28.5 Å². The monoisotopic (exact) mass is 218 g/mol. The number of hydrogen-bond donors (Lipinski definition) is 3. The zero-order chi connectivity index (χ0) is 11.7. The number of benzene rings is 1. The summed E-state index contributed by atoms with van der Waals surface area (Å²) < 4.78 is 0. The van der Waals surface area contributed by atoms with E-state index in [2.05, 4.69) is 4.98 Å². The molecule has 0 amide bonds. The number of H-pyrrole nitrogens is 1. The molecule has 0 fully saturated rings. The molecule has 1 aromatic carbocycles. The summed E-state index contributed by atoms with van der Waals surface area (Å²) >= 11 is 0.